The Morgan fingerprint density at radius 2 is 2.08 bits per heavy atom. The van der Waals surface area contributed by atoms with Crippen molar-refractivity contribution in [2.75, 3.05) is 7.05 Å². The van der Waals surface area contributed by atoms with Gasteiger partial charge in [0.25, 0.3) is 0 Å². The summed E-state index contributed by atoms with van der Waals surface area (Å²) in [6, 6.07) is 10.0. The van der Waals surface area contributed by atoms with Gasteiger partial charge in [0.15, 0.2) is 0 Å². The molecule has 1 N–H and O–H groups in total. The van der Waals surface area contributed by atoms with E-state index in [-0.39, 0.29) is 6.04 Å². The molecule has 0 spiro atoms. The predicted octanol–water partition coefficient (Wildman–Crippen LogP) is 1.32. The number of hydrogen-bond donors (Lipinski definition) is 1. The van der Waals surface area contributed by atoms with Crippen LogP contribution in [0.1, 0.15) is 12.0 Å². The summed E-state index contributed by atoms with van der Waals surface area (Å²) < 4.78 is 0. The largest absolute Gasteiger partial charge is 0.310 e. The first kappa shape index (κ1) is 9.93. The van der Waals surface area contributed by atoms with Crippen LogP contribution in [-0.2, 0) is 11.2 Å². The highest BCUT2D eigenvalue weighted by atomic mass is 16.1. The van der Waals surface area contributed by atoms with Crippen LogP contribution in [-0.4, -0.2) is 19.4 Å². The van der Waals surface area contributed by atoms with E-state index in [1.54, 1.807) is 7.05 Å². The second-order valence-corrected chi connectivity index (χ2v) is 2.98. The number of hydrogen-bond acceptors (Lipinski definition) is 2. The fraction of sp³-hybridized carbons (Fsp3) is 0.364. The number of carbonyl (C=O) groups excluding carboxylic acids is 1. The van der Waals surface area contributed by atoms with E-state index in [1.165, 1.54) is 5.56 Å². The van der Waals surface area contributed by atoms with Crippen LogP contribution in [0.25, 0.3) is 0 Å². The maximum atomic E-state index is 10.4. The third kappa shape index (κ3) is 3.38. The third-order valence-corrected chi connectivity index (χ3v) is 2.06. The summed E-state index contributed by atoms with van der Waals surface area (Å²) in [7, 11) is 1.78. The van der Waals surface area contributed by atoms with Gasteiger partial charge in [0.2, 0.25) is 6.29 Å². The minimum Gasteiger partial charge on any atom is -0.310 e. The van der Waals surface area contributed by atoms with Crippen LogP contribution < -0.4 is 5.32 Å². The highest BCUT2D eigenvalue weighted by Crippen LogP contribution is 2.03. The van der Waals surface area contributed by atoms with Crippen molar-refractivity contribution in [2.45, 2.75) is 18.9 Å². The number of nitrogens with one attached hydrogen (secondary N) is 1. The zero-order valence-corrected chi connectivity index (χ0v) is 7.79. The maximum Gasteiger partial charge on any atom is 0.216 e. The zero-order chi connectivity index (χ0) is 9.52. The van der Waals surface area contributed by atoms with Gasteiger partial charge in [-0.2, -0.15) is 0 Å². The van der Waals surface area contributed by atoms with Gasteiger partial charge in [-0.1, -0.05) is 30.3 Å². The normalized spacial score (nSPS) is 12.4. The minimum absolute atomic E-state index is 0.139. The average molecular weight is 176 g/mol. The molecule has 0 aliphatic carbocycles. The molecule has 69 valence electrons. The highest BCUT2D eigenvalue weighted by molar-refractivity contribution is 5.58. The standard InChI is InChI=1S/C11H14NO/c1-12-11(9-13)8-7-10-5-3-2-4-6-10/h2-6,11-12H,7-8H2,1H3/t11-/m0/s1. The molecule has 13 heavy (non-hydrogen) atoms. The Labute approximate surface area is 79.0 Å². The van der Waals surface area contributed by atoms with E-state index in [1.807, 2.05) is 24.5 Å². The average Bonchev–Trinajstić information content (AvgIpc) is 2.21. The zero-order valence-electron chi connectivity index (χ0n) is 7.79. The summed E-state index contributed by atoms with van der Waals surface area (Å²) in [5.74, 6) is 0. The molecule has 0 heterocycles. The smallest absolute Gasteiger partial charge is 0.216 e. The number of rotatable bonds is 5. The fourth-order valence-corrected chi connectivity index (χ4v) is 1.22. The van der Waals surface area contributed by atoms with Gasteiger partial charge in [-0.25, -0.2) is 0 Å². The lowest BCUT2D eigenvalue weighted by molar-refractivity contribution is 0.517. The van der Waals surface area contributed by atoms with Gasteiger partial charge in [0, 0.05) is 0 Å². The number of aryl methyl sites for hydroxylation is 1. The molecule has 2 nitrogen and oxygen atoms in total. The summed E-state index contributed by atoms with van der Waals surface area (Å²) in [6.45, 7) is 0. The number of likely N-dealkylation sites (N-methyl/N-ethyl adjacent to an activating group) is 1. The van der Waals surface area contributed by atoms with E-state index in [9.17, 15) is 4.79 Å². The van der Waals surface area contributed by atoms with Crippen molar-refractivity contribution in [1.29, 1.82) is 0 Å². The lowest BCUT2D eigenvalue weighted by Gasteiger charge is -2.06. The Kier molecular flexibility index (Phi) is 4.19. The van der Waals surface area contributed by atoms with Gasteiger partial charge in [0.05, 0.1) is 6.04 Å². The first-order chi connectivity index (χ1) is 6.36. The Morgan fingerprint density at radius 1 is 1.38 bits per heavy atom. The molecule has 1 atom stereocenters. The Balaban J connectivity index is 2.38. The van der Waals surface area contributed by atoms with Crippen LogP contribution in [0.4, 0.5) is 0 Å². The lowest BCUT2D eigenvalue weighted by Crippen LogP contribution is -2.26. The van der Waals surface area contributed by atoms with E-state index < -0.39 is 0 Å². The molecule has 0 saturated heterocycles. The molecule has 1 aromatic rings. The van der Waals surface area contributed by atoms with Crippen LogP contribution in [0.15, 0.2) is 30.3 Å². The van der Waals surface area contributed by atoms with Crippen LogP contribution in [0.2, 0.25) is 0 Å². The minimum atomic E-state index is -0.139. The van der Waals surface area contributed by atoms with Gasteiger partial charge < -0.3 is 5.32 Å². The Hall–Kier alpha value is -1.15. The molecule has 0 amide bonds. The second-order valence-electron chi connectivity index (χ2n) is 2.98. The van der Waals surface area contributed by atoms with Crippen LogP contribution >= 0.6 is 0 Å². The van der Waals surface area contributed by atoms with E-state index in [0.717, 1.165) is 12.8 Å². The predicted molar refractivity (Wildman–Crippen MR) is 53.3 cm³/mol. The molecule has 1 aromatic carbocycles. The summed E-state index contributed by atoms with van der Waals surface area (Å²) in [4.78, 5) is 10.4. The van der Waals surface area contributed by atoms with Crippen molar-refractivity contribution in [3.8, 4) is 0 Å². The van der Waals surface area contributed by atoms with E-state index in [0.29, 0.717) is 0 Å². The van der Waals surface area contributed by atoms with Gasteiger partial charge in [-0.3, -0.25) is 4.79 Å². The van der Waals surface area contributed by atoms with Crippen molar-refractivity contribution in [1.82, 2.24) is 5.32 Å². The molecule has 0 fully saturated rings. The fourth-order valence-electron chi connectivity index (χ4n) is 1.22. The van der Waals surface area contributed by atoms with Crippen molar-refractivity contribution in [3.05, 3.63) is 35.9 Å². The van der Waals surface area contributed by atoms with Crippen LogP contribution in [0.3, 0.4) is 0 Å². The first-order valence-corrected chi connectivity index (χ1v) is 4.45. The summed E-state index contributed by atoms with van der Waals surface area (Å²) in [6.07, 6.45) is 3.69. The van der Waals surface area contributed by atoms with E-state index >= 15 is 0 Å². The lowest BCUT2D eigenvalue weighted by atomic mass is 10.1. The van der Waals surface area contributed by atoms with Gasteiger partial charge in [0.1, 0.15) is 0 Å². The summed E-state index contributed by atoms with van der Waals surface area (Å²) >= 11 is 0. The van der Waals surface area contributed by atoms with Crippen molar-refractivity contribution >= 4 is 6.29 Å². The van der Waals surface area contributed by atoms with Crippen molar-refractivity contribution in [2.24, 2.45) is 0 Å². The van der Waals surface area contributed by atoms with Crippen molar-refractivity contribution < 1.29 is 4.79 Å². The van der Waals surface area contributed by atoms with Crippen molar-refractivity contribution in [3.63, 3.8) is 0 Å². The van der Waals surface area contributed by atoms with E-state index in [4.69, 9.17) is 0 Å². The van der Waals surface area contributed by atoms with Crippen LogP contribution in [0, 0.1) is 0 Å². The van der Waals surface area contributed by atoms with Gasteiger partial charge in [-0.05, 0) is 25.5 Å². The van der Waals surface area contributed by atoms with Gasteiger partial charge in [-0.15, -0.1) is 0 Å². The number of benzene rings is 1. The molecule has 1 rings (SSSR count). The molecular formula is C11H14NO. The monoisotopic (exact) mass is 176 g/mol. The maximum absolute atomic E-state index is 10.4. The first-order valence-electron chi connectivity index (χ1n) is 4.45. The SMILES string of the molecule is CN[C@H]([C]=O)CCc1ccccc1. The molecular weight excluding hydrogens is 162 g/mol. The molecule has 0 saturated carbocycles. The molecule has 0 aliphatic rings. The quantitative estimate of drug-likeness (QED) is 0.733. The van der Waals surface area contributed by atoms with Gasteiger partial charge >= 0.3 is 0 Å². The molecule has 1 radical (unpaired) electrons. The Morgan fingerprint density at radius 3 is 2.62 bits per heavy atom. The highest BCUT2D eigenvalue weighted by Gasteiger charge is 2.04. The molecule has 0 aliphatic heterocycles. The Bertz CT molecular complexity index is 246. The van der Waals surface area contributed by atoms with E-state index in [2.05, 4.69) is 17.4 Å². The third-order valence-electron chi connectivity index (χ3n) is 2.06. The molecule has 0 aromatic heterocycles. The molecule has 0 bridgehead atoms. The second kappa shape index (κ2) is 5.49. The molecule has 0 unspecified atom stereocenters. The van der Waals surface area contributed by atoms with Crippen LogP contribution in [0.5, 0.6) is 0 Å². The summed E-state index contributed by atoms with van der Waals surface area (Å²) in [5.41, 5.74) is 1.26. The topological polar surface area (TPSA) is 29.1 Å². The summed E-state index contributed by atoms with van der Waals surface area (Å²) in [5, 5.41) is 2.90. The molecule has 2 heteroatoms.